The molecule has 3 heterocycles. The SMILES string of the molecule is CC(CNC(=O)c1cn(C2CCNCC2)nn1)Cc1cccs1.Cl. The van der Waals surface area contributed by atoms with Crippen LogP contribution in [0.4, 0.5) is 0 Å². The van der Waals surface area contributed by atoms with Crippen LogP contribution in [0.15, 0.2) is 23.7 Å². The lowest BCUT2D eigenvalue weighted by Gasteiger charge is -2.22. The first-order valence-electron chi connectivity index (χ1n) is 8.15. The molecule has 2 aromatic heterocycles. The highest BCUT2D eigenvalue weighted by molar-refractivity contribution is 7.09. The van der Waals surface area contributed by atoms with Crippen molar-refractivity contribution in [3.63, 3.8) is 0 Å². The van der Waals surface area contributed by atoms with Crippen molar-refractivity contribution in [3.05, 3.63) is 34.3 Å². The topological polar surface area (TPSA) is 71.8 Å². The Morgan fingerprint density at radius 3 is 3.00 bits per heavy atom. The van der Waals surface area contributed by atoms with Crippen molar-refractivity contribution in [2.75, 3.05) is 19.6 Å². The van der Waals surface area contributed by atoms with Crippen LogP contribution in [0.3, 0.4) is 0 Å². The van der Waals surface area contributed by atoms with Gasteiger partial charge in [-0.05, 0) is 49.7 Å². The van der Waals surface area contributed by atoms with Crippen LogP contribution >= 0.6 is 23.7 Å². The summed E-state index contributed by atoms with van der Waals surface area (Å²) in [6.07, 6.45) is 4.82. The second-order valence-corrected chi connectivity index (χ2v) is 7.20. The van der Waals surface area contributed by atoms with E-state index in [4.69, 9.17) is 0 Å². The first-order chi connectivity index (χ1) is 11.2. The van der Waals surface area contributed by atoms with Crippen molar-refractivity contribution in [2.24, 2.45) is 5.92 Å². The Hall–Kier alpha value is -1.44. The number of halogens is 1. The van der Waals surface area contributed by atoms with E-state index < -0.39 is 0 Å². The maximum atomic E-state index is 12.2. The molecular weight excluding hydrogens is 346 g/mol. The van der Waals surface area contributed by atoms with Crippen LogP contribution in [0, 0.1) is 5.92 Å². The fourth-order valence-electron chi connectivity index (χ4n) is 2.83. The number of nitrogens with one attached hydrogen (secondary N) is 2. The van der Waals surface area contributed by atoms with Gasteiger partial charge in [-0.2, -0.15) is 0 Å². The van der Waals surface area contributed by atoms with E-state index in [-0.39, 0.29) is 18.3 Å². The predicted molar refractivity (Wildman–Crippen MR) is 97.9 cm³/mol. The molecule has 1 unspecified atom stereocenters. The molecule has 1 fully saturated rings. The van der Waals surface area contributed by atoms with E-state index in [2.05, 4.69) is 45.4 Å². The van der Waals surface area contributed by atoms with Crippen molar-refractivity contribution in [2.45, 2.75) is 32.2 Å². The van der Waals surface area contributed by atoms with Gasteiger partial charge in [-0.3, -0.25) is 4.79 Å². The van der Waals surface area contributed by atoms with Gasteiger partial charge in [0.15, 0.2) is 5.69 Å². The van der Waals surface area contributed by atoms with E-state index in [9.17, 15) is 4.79 Å². The van der Waals surface area contributed by atoms with E-state index in [0.717, 1.165) is 32.4 Å². The van der Waals surface area contributed by atoms with Gasteiger partial charge in [0.25, 0.3) is 5.91 Å². The first-order valence-corrected chi connectivity index (χ1v) is 9.03. The summed E-state index contributed by atoms with van der Waals surface area (Å²) in [5.41, 5.74) is 0.409. The Balaban J connectivity index is 0.00000208. The predicted octanol–water partition coefficient (Wildman–Crippen LogP) is 2.29. The minimum Gasteiger partial charge on any atom is -0.350 e. The van der Waals surface area contributed by atoms with Crippen LogP contribution in [0.1, 0.15) is 41.2 Å². The molecule has 0 radical (unpaired) electrons. The Bertz CT molecular complexity index is 624. The summed E-state index contributed by atoms with van der Waals surface area (Å²) in [6.45, 7) is 4.78. The normalized spacial score (nSPS) is 16.4. The van der Waals surface area contributed by atoms with E-state index in [1.165, 1.54) is 4.88 Å². The molecule has 1 aliphatic rings. The third-order valence-electron chi connectivity index (χ3n) is 4.17. The van der Waals surface area contributed by atoms with E-state index in [1.807, 2.05) is 4.68 Å². The standard InChI is InChI=1S/C16H23N5OS.ClH/c1-12(9-14-3-2-8-23-14)10-18-16(22)15-11-21(20-19-15)13-4-6-17-7-5-13;/h2-3,8,11-13,17H,4-7,9-10H2,1H3,(H,18,22);1H. The van der Waals surface area contributed by atoms with Crippen molar-refractivity contribution < 1.29 is 4.79 Å². The Labute approximate surface area is 152 Å². The number of rotatable bonds is 6. The van der Waals surface area contributed by atoms with Crippen molar-refractivity contribution in [1.29, 1.82) is 0 Å². The quantitative estimate of drug-likeness (QED) is 0.819. The lowest BCUT2D eigenvalue weighted by molar-refractivity contribution is 0.0943. The van der Waals surface area contributed by atoms with E-state index in [0.29, 0.717) is 24.2 Å². The summed E-state index contributed by atoms with van der Waals surface area (Å²) < 4.78 is 1.84. The van der Waals surface area contributed by atoms with Crippen molar-refractivity contribution in [1.82, 2.24) is 25.6 Å². The average molecular weight is 370 g/mol. The summed E-state index contributed by atoms with van der Waals surface area (Å²) in [6, 6.07) is 4.54. The van der Waals surface area contributed by atoms with Gasteiger partial charge in [-0.25, -0.2) is 4.68 Å². The maximum Gasteiger partial charge on any atom is 0.273 e. The molecule has 0 aromatic carbocycles. The summed E-state index contributed by atoms with van der Waals surface area (Å²) in [7, 11) is 0. The minimum absolute atomic E-state index is 0. The van der Waals surface area contributed by atoms with Gasteiger partial charge in [0.1, 0.15) is 0 Å². The Morgan fingerprint density at radius 2 is 2.29 bits per heavy atom. The zero-order valence-corrected chi connectivity index (χ0v) is 15.4. The molecule has 0 saturated carbocycles. The van der Waals surface area contributed by atoms with Crippen LogP contribution in [0.2, 0.25) is 0 Å². The number of carbonyl (C=O) groups is 1. The Morgan fingerprint density at radius 1 is 1.50 bits per heavy atom. The third kappa shape index (κ3) is 5.03. The molecule has 2 aromatic rings. The number of hydrogen-bond donors (Lipinski definition) is 2. The van der Waals surface area contributed by atoms with Gasteiger partial charge in [-0.15, -0.1) is 28.8 Å². The molecular formula is C16H24ClN5OS. The molecule has 8 heteroatoms. The molecule has 1 atom stereocenters. The van der Waals surface area contributed by atoms with Crippen LogP contribution < -0.4 is 10.6 Å². The first kappa shape index (κ1) is 18.9. The minimum atomic E-state index is -0.136. The zero-order chi connectivity index (χ0) is 16.1. The van der Waals surface area contributed by atoms with Crippen LogP contribution in [0.25, 0.3) is 0 Å². The molecule has 132 valence electrons. The number of nitrogens with zero attached hydrogens (tertiary/aromatic N) is 3. The molecule has 2 N–H and O–H groups in total. The fraction of sp³-hybridized carbons (Fsp3) is 0.562. The molecule has 1 amide bonds. The van der Waals surface area contributed by atoms with Gasteiger partial charge < -0.3 is 10.6 Å². The van der Waals surface area contributed by atoms with Crippen LogP contribution in [-0.4, -0.2) is 40.5 Å². The number of hydrogen-bond acceptors (Lipinski definition) is 5. The molecule has 0 aliphatic carbocycles. The smallest absolute Gasteiger partial charge is 0.273 e. The monoisotopic (exact) mass is 369 g/mol. The van der Waals surface area contributed by atoms with Gasteiger partial charge in [0, 0.05) is 11.4 Å². The number of carbonyl (C=O) groups excluding carboxylic acids is 1. The molecule has 0 bridgehead atoms. The van der Waals surface area contributed by atoms with Gasteiger partial charge >= 0.3 is 0 Å². The molecule has 1 saturated heterocycles. The summed E-state index contributed by atoms with van der Waals surface area (Å²) in [5.74, 6) is 0.264. The summed E-state index contributed by atoms with van der Waals surface area (Å²) in [4.78, 5) is 13.6. The summed E-state index contributed by atoms with van der Waals surface area (Å²) in [5, 5.41) is 16.5. The zero-order valence-electron chi connectivity index (χ0n) is 13.8. The largest absolute Gasteiger partial charge is 0.350 e. The lowest BCUT2D eigenvalue weighted by Crippen LogP contribution is -2.30. The van der Waals surface area contributed by atoms with Gasteiger partial charge in [-0.1, -0.05) is 18.2 Å². The molecule has 6 nitrogen and oxygen atoms in total. The van der Waals surface area contributed by atoms with Crippen molar-refractivity contribution >= 4 is 29.7 Å². The lowest BCUT2D eigenvalue weighted by atomic mass is 10.1. The number of amides is 1. The van der Waals surface area contributed by atoms with Crippen LogP contribution in [0.5, 0.6) is 0 Å². The van der Waals surface area contributed by atoms with Crippen LogP contribution in [-0.2, 0) is 6.42 Å². The Kier molecular flexibility index (Phi) is 7.20. The second kappa shape index (κ2) is 9.15. The van der Waals surface area contributed by atoms with Gasteiger partial charge in [0.2, 0.25) is 0 Å². The molecule has 24 heavy (non-hydrogen) atoms. The van der Waals surface area contributed by atoms with Crippen molar-refractivity contribution in [3.8, 4) is 0 Å². The highest BCUT2D eigenvalue weighted by Crippen LogP contribution is 2.17. The number of thiophene rings is 1. The third-order valence-corrected chi connectivity index (χ3v) is 5.07. The molecule has 3 rings (SSSR count). The second-order valence-electron chi connectivity index (χ2n) is 6.16. The maximum absolute atomic E-state index is 12.2. The average Bonchev–Trinajstić information content (AvgIpc) is 3.25. The fourth-order valence-corrected chi connectivity index (χ4v) is 3.70. The molecule has 1 aliphatic heterocycles. The van der Waals surface area contributed by atoms with Gasteiger partial charge in [0.05, 0.1) is 12.2 Å². The summed E-state index contributed by atoms with van der Waals surface area (Å²) >= 11 is 1.76. The van der Waals surface area contributed by atoms with E-state index in [1.54, 1.807) is 17.5 Å². The number of piperidine rings is 1. The highest BCUT2D eigenvalue weighted by atomic mass is 35.5. The number of aromatic nitrogens is 3. The van der Waals surface area contributed by atoms with E-state index >= 15 is 0 Å². The highest BCUT2D eigenvalue weighted by Gasteiger charge is 2.19. The molecule has 0 spiro atoms.